The molecule has 1 atom stereocenters. The van der Waals surface area contributed by atoms with Gasteiger partial charge in [-0.1, -0.05) is 23.8 Å². The predicted molar refractivity (Wildman–Crippen MR) is 77.8 cm³/mol. The minimum atomic E-state index is 0.326. The lowest BCUT2D eigenvalue weighted by Crippen LogP contribution is -2.33. The minimum absolute atomic E-state index is 0.326. The lowest BCUT2D eigenvalue weighted by molar-refractivity contribution is 0.493. The van der Waals surface area contributed by atoms with E-state index in [4.69, 9.17) is 0 Å². The Kier molecular flexibility index (Phi) is 3.84. The van der Waals surface area contributed by atoms with Gasteiger partial charge in [0, 0.05) is 17.3 Å². The first-order chi connectivity index (χ1) is 8.02. The van der Waals surface area contributed by atoms with Gasteiger partial charge in [-0.2, -0.15) is 11.8 Å². The monoisotopic (exact) mass is 249 g/mol. The molecule has 0 saturated heterocycles. The maximum atomic E-state index is 3.74. The van der Waals surface area contributed by atoms with E-state index in [1.54, 1.807) is 0 Å². The number of aryl methyl sites for hydroxylation is 2. The fraction of sp³-hybridized carbons (Fsp3) is 0.600. The zero-order valence-electron chi connectivity index (χ0n) is 11.3. The van der Waals surface area contributed by atoms with Crippen molar-refractivity contribution in [3.05, 3.63) is 34.9 Å². The normalized spacial score (nSPS) is 19.4. The quantitative estimate of drug-likeness (QED) is 0.873. The number of benzene rings is 1. The lowest BCUT2D eigenvalue weighted by atomic mass is 10.0. The molecule has 0 fully saturated rings. The Morgan fingerprint density at radius 1 is 1.41 bits per heavy atom. The van der Waals surface area contributed by atoms with Crippen molar-refractivity contribution in [2.45, 2.75) is 44.4 Å². The molecule has 1 aliphatic carbocycles. The highest BCUT2D eigenvalue weighted by molar-refractivity contribution is 7.99. The van der Waals surface area contributed by atoms with Gasteiger partial charge in [-0.25, -0.2) is 0 Å². The molecule has 1 nitrogen and oxygen atoms in total. The first-order valence-electron chi connectivity index (χ1n) is 6.40. The summed E-state index contributed by atoms with van der Waals surface area (Å²) in [6.07, 6.45) is 4.67. The van der Waals surface area contributed by atoms with E-state index in [0.29, 0.717) is 10.8 Å². The molecule has 2 rings (SSSR count). The third-order valence-corrected chi connectivity index (χ3v) is 4.96. The van der Waals surface area contributed by atoms with Gasteiger partial charge in [0.15, 0.2) is 0 Å². The third kappa shape index (κ3) is 3.05. The molecule has 1 aliphatic rings. The second kappa shape index (κ2) is 5.03. The van der Waals surface area contributed by atoms with Crippen LogP contribution in [0.5, 0.6) is 0 Å². The molecule has 0 radical (unpaired) electrons. The van der Waals surface area contributed by atoms with Crippen LogP contribution in [0.25, 0.3) is 0 Å². The highest BCUT2D eigenvalue weighted by Gasteiger charge is 2.24. The van der Waals surface area contributed by atoms with Gasteiger partial charge in [0.25, 0.3) is 0 Å². The van der Waals surface area contributed by atoms with Crippen LogP contribution < -0.4 is 5.32 Å². The van der Waals surface area contributed by atoms with E-state index in [1.165, 1.54) is 29.5 Å². The Hall–Kier alpha value is -0.470. The average Bonchev–Trinajstić information content (AvgIpc) is 2.69. The molecule has 94 valence electrons. The number of nitrogens with one attached hydrogen (secondary N) is 1. The van der Waals surface area contributed by atoms with Crippen molar-refractivity contribution >= 4 is 11.8 Å². The van der Waals surface area contributed by atoms with Gasteiger partial charge >= 0.3 is 0 Å². The molecular weight excluding hydrogens is 226 g/mol. The summed E-state index contributed by atoms with van der Waals surface area (Å²) in [7, 11) is 0. The van der Waals surface area contributed by atoms with E-state index in [0.717, 1.165) is 6.54 Å². The maximum absolute atomic E-state index is 3.74. The number of hydrogen-bond donors (Lipinski definition) is 1. The van der Waals surface area contributed by atoms with E-state index in [2.05, 4.69) is 50.5 Å². The van der Waals surface area contributed by atoms with Crippen molar-refractivity contribution in [3.63, 3.8) is 0 Å². The van der Waals surface area contributed by atoms with Crippen LogP contribution in [0.15, 0.2) is 18.2 Å². The van der Waals surface area contributed by atoms with Gasteiger partial charge in [-0.05, 0) is 51.0 Å². The molecule has 0 spiro atoms. The maximum Gasteiger partial charge on any atom is 0.0326 e. The molecule has 0 aromatic heterocycles. The number of fused-ring (bicyclic) bond motifs is 1. The first kappa shape index (κ1) is 13.0. The Balaban J connectivity index is 2.04. The summed E-state index contributed by atoms with van der Waals surface area (Å²) in [6.45, 7) is 7.86. The molecule has 0 bridgehead atoms. The highest BCUT2D eigenvalue weighted by atomic mass is 32.2. The van der Waals surface area contributed by atoms with Crippen LogP contribution >= 0.6 is 11.8 Å². The average molecular weight is 249 g/mol. The number of rotatable bonds is 4. The van der Waals surface area contributed by atoms with Crippen LogP contribution in [0, 0.1) is 6.92 Å². The molecule has 0 heterocycles. The zero-order valence-corrected chi connectivity index (χ0v) is 12.2. The fourth-order valence-electron chi connectivity index (χ4n) is 2.37. The van der Waals surface area contributed by atoms with Crippen molar-refractivity contribution in [3.8, 4) is 0 Å². The van der Waals surface area contributed by atoms with Crippen LogP contribution in [-0.4, -0.2) is 17.5 Å². The minimum Gasteiger partial charge on any atom is -0.309 e. The van der Waals surface area contributed by atoms with Crippen LogP contribution in [0.3, 0.4) is 0 Å². The third-order valence-electron chi connectivity index (χ3n) is 3.71. The molecular formula is C15H23NS. The van der Waals surface area contributed by atoms with E-state index >= 15 is 0 Å². The summed E-state index contributed by atoms with van der Waals surface area (Å²) >= 11 is 1.93. The smallest absolute Gasteiger partial charge is 0.0326 e. The van der Waals surface area contributed by atoms with Crippen molar-refractivity contribution < 1.29 is 0 Å². The first-order valence-corrected chi connectivity index (χ1v) is 7.62. The number of hydrogen-bond acceptors (Lipinski definition) is 2. The fourth-order valence-corrected chi connectivity index (χ4v) is 2.60. The molecule has 1 N–H and O–H groups in total. The van der Waals surface area contributed by atoms with Gasteiger partial charge in [0.05, 0.1) is 0 Å². The summed E-state index contributed by atoms with van der Waals surface area (Å²) in [5.74, 6) is 0. The van der Waals surface area contributed by atoms with Crippen LogP contribution in [0.2, 0.25) is 0 Å². The van der Waals surface area contributed by atoms with Crippen molar-refractivity contribution in [1.82, 2.24) is 5.32 Å². The van der Waals surface area contributed by atoms with Crippen molar-refractivity contribution in [2.75, 3.05) is 12.8 Å². The van der Waals surface area contributed by atoms with Crippen molar-refractivity contribution in [2.24, 2.45) is 0 Å². The standard InChI is InChI=1S/C15H23NS/c1-11-5-6-12-7-8-14(13(12)9-11)16-10-15(2,3)17-4/h5-6,9,14,16H,7-8,10H2,1-4H3. The molecule has 17 heavy (non-hydrogen) atoms. The van der Waals surface area contributed by atoms with Crippen LogP contribution in [0.1, 0.15) is 43.0 Å². The van der Waals surface area contributed by atoms with E-state index in [9.17, 15) is 0 Å². The van der Waals surface area contributed by atoms with E-state index < -0.39 is 0 Å². The predicted octanol–water partition coefficient (Wildman–Crippen LogP) is 3.71. The van der Waals surface area contributed by atoms with Crippen molar-refractivity contribution in [1.29, 1.82) is 0 Å². The molecule has 0 saturated carbocycles. The summed E-state index contributed by atoms with van der Waals surface area (Å²) in [5, 5.41) is 3.74. The van der Waals surface area contributed by atoms with Gasteiger partial charge in [0.1, 0.15) is 0 Å². The van der Waals surface area contributed by atoms with E-state index in [-0.39, 0.29) is 0 Å². The summed E-state index contributed by atoms with van der Waals surface area (Å²) in [5.41, 5.74) is 4.44. The Labute approximate surface area is 109 Å². The van der Waals surface area contributed by atoms with E-state index in [1.807, 2.05) is 11.8 Å². The molecule has 0 aliphatic heterocycles. The second-order valence-electron chi connectivity index (χ2n) is 5.64. The Morgan fingerprint density at radius 3 is 2.88 bits per heavy atom. The molecule has 1 aromatic carbocycles. The van der Waals surface area contributed by atoms with Crippen LogP contribution in [-0.2, 0) is 6.42 Å². The Morgan fingerprint density at radius 2 is 2.18 bits per heavy atom. The van der Waals surface area contributed by atoms with Crippen LogP contribution in [0.4, 0.5) is 0 Å². The summed E-state index contributed by atoms with van der Waals surface area (Å²) in [6, 6.07) is 7.45. The molecule has 1 unspecified atom stereocenters. The van der Waals surface area contributed by atoms with Gasteiger partial charge < -0.3 is 5.32 Å². The zero-order chi connectivity index (χ0) is 12.5. The molecule has 2 heteroatoms. The van der Waals surface area contributed by atoms with Gasteiger partial charge in [0.2, 0.25) is 0 Å². The second-order valence-corrected chi connectivity index (χ2v) is 7.15. The Bertz CT molecular complexity index is 398. The summed E-state index contributed by atoms with van der Waals surface area (Å²) < 4.78 is 0.326. The summed E-state index contributed by atoms with van der Waals surface area (Å²) in [4.78, 5) is 0. The van der Waals surface area contributed by atoms with Gasteiger partial charge in [-0.15, -0.1) is 0 Å². The highest BCUT2D eigenvalue weighted by Crippen LogP contribution is 2.32. The van der Waals surface area contributed by atoms with Gasteiger partial charge in [-0.3, -0.25) is 0 Å². The topological polar surface area (TPSA) is 12.0 Å². The number of thioether (sulfide) groups is 1. The SMILES string of the molecule is CSC(C)(C)CNC1CCc2ccc(C)cc21. The molecule has 0 amide bonds. The largest absolute Gasteiger partial charge is 0.309 e. The molecule has 1 aromatic rings. The lowest BCUT2D eigenvalue weighted by Gasteiger charge is -2.25.